The fourth-order valence-corrected chi connectivity index (χ4v) is 1.81. The summed E-state index contributed by atoms with van der Waals surface area (Å²) in [5, 5.41) is 6.23. The van der Waals surface area contributed by atoms with Crippen LogP contribution in [0.5, 0.6) is 0 Å². The van der Waals surface area contributed by atoms with Gasteiger partial charge in [-0.05, 0) is 17.7 Å². The number of aromatic nitrogens is 2. The molecule has 116 valence electrons. The Hall–Kier alpha value is -2.18. The lowest BCUT2D eigenvalue weighted by Gasteiger charge is -2.07. The van der Waals surface area contributed by atoms with Crippen LogP contribution < -0.4 is 10.6 Å². The molecule has 0 spiro atoms. The average molecular weight is 321 g/mol. The van der Waals surface area contributed by atoms with Gasteiger partial charge in [0.15, 0.2) is 0 Å². The zero-order chi connectivity index (χ0) is 15.8. The second-order valence-corrected chi connectivity index (χ2v) is 4.92. The summed E-state index contributed by atoms with van der Waals surface area (Å²) in [7, 11) is 1.72. The molecule has 7 heteroatoms. The van der Waals surface area contributed by atoms with Crippen molar-refractivity contribution in [2.75, 3.05) is 25.5 Å². The number of rotatable bonds is 7. The van der Waals surface area contributed by atoms with Gasteiger partial charge in [-0.15, -0.1) is 0 Å². The van der Waals surface area contributed by atoms with Gasteiger partial charge in [0.1, 0.15) is 0 Å². The highest BCUT2D eigenvalue weighted by Gasteiger charge is 2.05. The first kappa shape index (κ1) is 16.2. The smallest absolute Gasteiger partial charge is 0.254 e. The van der Waals surface area contributed by atoms with E-state index in [9.17, 15) is 4.79 Å². The number of benzene rings is 1. The van der Waals surface area contributed by atoms with E-state index in [2.05, 4.69) is 20.6 Å². The van der Waals surface area contributed by atoms with E-state index in [0.29, 0.717) is 36.3 Å². The molecule has 22 heavy (non-hydrogen) atoms. The molecule has 0 aliphatic carbocycles. The second kappa shape index (κ2) is 8.31. The number of nitrogens with zero attached hydrogens (tertiary/aromatic N) is 2. The van der Waals surface area contributed by atoms with Gasteiger partial charge >= 0.3 is 0 Å². The Bertz CT molecular complexity index is 602. The zero-order valence-electron chi connectivity index (χ0n) is 12.2. The summed E-state index contributed by atoms with van der Waals surface area (Å²) in [5.41, 5.74) is 1.45. The van der Waals surface area contributed by atoms with Gasteiger partial charge in [0.25, 0.3) is 5.91 Å². The molecular formula is C15H17ClN4O2. The highest BCUT2D eigenvalue weighted by atomic mass is 35.5. The van der Waals surface area contributed by atoms with E-state index < -0.39 is 0 Å². The van der Waals surface area contributed by atoms with Gasteiger partial charge in [-0.2, -0.15) is 0 Å². The summed E-state index contributed by atoms with van der Waals surface area (Å²) in [6, 6.07) is 7.44. The van der Waals surface area contributed by atoms with Crippen LogP contribution in [0.3, 0.4) is 0 Å². The zero-order valence-corrected chi connectivity index (χ0v) is 12.9. The fraction of sp³-hybridized carbons (Fsp3) is 0.267. The SMILES string of the molecule is CNc1ncc(C(=O)NCCOCc2ccc(Cl)cc2)cn1. The molecule has 0 saturated heterocycles. The van der Waals surface area contributed by atoms with Crippen molar-refractivity contribution < 1.29 is 9.53 Å². The number of anilines is 1. The van der Waals surface area contributed by atoms with E-state index >= 15 is 0 Å². The highest BCUT2D eigenvalue weighted by Crippen LogP contribution is 2.10. The van der Waals surface area contributed by atoms with Crippen LogP contribution in [0.25, 0.3) is 0 Å². The van der Waals surface area contributed by atoms with Crippen molar-refractivity contribution in [1.29, 1.82) is 0 Å². The van der Waals surface area contributed by atoms with Crippen molar-refractivity contribution in [3.8, 4) is 0 Å². The number of hydrogen-bond acceptors (Lipinski definition) is 5. The minimum Gasteiger partial charge on any atom is -0.375 e. The normalized spacial score (nSPS) is 10.3. The summed E-state index contributed by atoms with van der Waals surface area (Å²) < 4.78 is 5.48. The minimum atomic E-state index is -0.224. The van der Waals surface area contributed by atoms with E-state index in [-0.39, 0.29) is 5.91 Å². The number of carbonyl (C=O) groups excluding carboxylic acids is 1. The second-order valence-electron chi connectivity index (χ2n) is 4.48. The molecule has 0 unspecified atom stereocenters. The number of halogens is 1. The summed E-state index contributed by atoms with van der Waals surface area (Å²) in [5.74, 6) is 0.251. The van der Waals surface area contributed by atoms with E-state index in [4.69, 9.17) is 16.3 Å². The number of hydrogen-bond donors (Lipinski definition) is 2. The maximum atomic E-state index is 11.8. The molecule has 0 fully saturated rings. The molecule has 0 bridgehead atoms. The molecule has 0 saturated carbocycles. The lowest BCUT2D eigenvalue weighted by atomic mass is 10.2. The van der Waals surface area contributed by atoms with E-state index in [0.717, 1.165) is 5.56 Å². The third kappa shape index (κ3) is 4.98. The van der Waals surface area contributed by atoms with Crippen molar-refractivity contribution in [1.82, 2.24) is 15.3 Å². The molecule has 1 aromatic carbocycles. The fourth-order valence-electron chi connectivity index (χ4n) is 1.68. The Kier molecular flexibility index (Phi) is 6.12. The molecule has 0 aliphatic rings. The number of ether oxygens (including phenoxy) is 1. The van der Waals surface area contributed by atoms with Crippen LogP contribution in [0.1, 0.15) is 15.9 Å². The van der Waals surface area contributed by atoms with Crippen molar-refractivity contribution >= 4 is 23.5 Å². The largest absolute Gasteiger partial charge is 0.375 e. The molecule has 0 aliphatic heterocycles. The third-order valence-electron chi connectivity index (χ3n) is 2.85. The number of carbonyl (C=O) groups is 1. The van der Waals surface area contributed by atoms with Gasteiger partial charge in [-0.1, -0.05) is 23.7 Å². The van der Waals surface area contributed by atoms with Gasteiger partial charge in [-0.3, -0.25) is 4.79 Å². The molecule has 0 atom stereocenters. The van der Waals surface area contributed by atoms with E-state index in [1.807, 2.05) is 24.3 Å². The third-order valence-corrected chi connectivity index (χ3v) is 3.10. The molecule has 2 N–H and O–H groups in total. The number of nitrogens with one attached hydrogen (secondary N) is 2. The predicted octanol–water partition coefficient (Wildman–Crippen LogP) is 2.12. The number of amides is 1. The van der Waals surface area contributed by atoms with E-state index in [1.54, 1.807) is 7.05 Å². The van der Waals surface area contributed by atoms with E-state index in [1.165, 1.54) is 12.4 Å². The van der Waals surface area contributed by atoms with Gasteiger partial charge in [0.05, 0.1) is 18.8 Å². The highest BCUT2D eigenvalue weighted by molar-refractivity contribution is 6.30. The van der Waals surface area contributed by atoms with Crippen LogP contribution in [-0.2, 0) is 11.3 Å². The van der Waals surface area contributed by atoms with Crippen LogP contribution in [0.15, 0.2) is 36.7 Å². The Labute approximate surface area is 133 Å². The molecule has 6 nitrogen and oxygen atoms in total. The van der Waals surface area contributed by atoms with Gasteiger partial charge in [0, 0.05) is 31.0 Å². The summed E-state index contributed by atoms with van der Waals surface area (Å²) in [4.78, 5) is 19.8. The van der Waals surface area contributed by atoms with Gasteiger partial charge in [0.2, 0.25) is 5.95 Å². The average Bonchev–Trinajstić information content (AvgIpc) is 2.56. The van der Waals surface area contributed by atoms with Gasteiger partial charge < -0.3 is 15.4 Å². The monoisotopic (exact) mass is 320 g/mol. The maximum absolute atomic E-state index is 11.8. The lowest BCUT2D eigenvalue weighted by molar-refractivity contribution is 0.0900. The first-order chi connectivity index (χ1) is 10.7. The molecule has 1 aromatic heterocycles. The van der Waals surface area contributed by atoms with Crippen molar-refractivity contribution in [2.45, 2.75) is 6.61 Å². The quantitative estimate of drug-likeness (QED) is 0.764. The standard InChI is InChI=1S/C15H17ClN4O2/c1-17-15-19-8-12(9-20-15)14(21)18-6-7-22-10-11-2-4-13(16)5-3-11/h2-5,8-9H,6-7,10H2,1H3,(H,18,21)(H,17,19,20). The summed E-state index contributed by atoms with van der Waals surface area (Å²) >= 11 is 5.81. The maximum Gasteiger partial charge on any atom is 0.254 e. The Morgan fingerprint density at radius 1 is 1.23 bits per heavy atom. The van der Waals surface area contributed by atoms with Crippen LogP contribution in [0.2, 0.25) is 5.02 Å². The Balaban J connectivity index is 1.67. The molecule has 1 amide bonds. The van der Waals surface area contributed by atoms with Crippen LogP contribution in [0, 0.1) is 0 Å². The minimum absolute atomic E-state index is 0.224. The molecule has 1 heterocycles. The Morgan fingerprint density at radius 2 is 1.91 bits per heavy atom. The predicted molar refractivity (Wildman–Crippen MR) is 85.0 cm³/mol. The van der Waals surface area contributed by atoms with Crippen LogP contribution in [-0.4, -0.2) is 36.1 Å². The Morgan fingerprint density at radius 3 is 2.55 bits per heavy atom. The molecule has 2 aromatic rings. The summed E-state index contributed by atoms with van der Waals surface area (Å²) in [6.45, 7) is 1.32. The van der Waals surface area contributed by atoms with Crippen molar-refractivity contribution in [3.05, 3.63) is 52.8 Å². The van der Waals surface area contributed by atoms with Crippen LogP contribution in [0.4, 0.5) is 5.95 Å². The van der Waals surface area contributed by atoms with Crippen molar-refractivity contribution in [3.63, 3.8) is 0 Å². The van der Waals surface area contributed by atoms with Crippen LogP contribution >= 0.6 is 11.6 Å². The first-order valence-electron chi connectivity index (χ1n) is 6.79. The molecule has 2 rings (SSSR count). The van der Waals surface area contributed by atoms with Crippen molar-refractivity contribution in [2.24, 2.45) is 0 Å². The first-order valence-corrected chi connectivity index (χ1v) is 7.17. The summed E-state index contributed by atoms with van der Waals surface area (Å²) in [6.07, 6.45) is 2.95. The molecular weight excluding hydrogens is 304 g/mol. The molecule has 0 radical (unpaired) electrons. The lowest BCUT2D eigenvalue weighted by Crippen LogP contribution is -2.27. The van der Waals surface area contributed by atoms with Gasteiger partial charge in [-0.25, -0.2) is 9.97 Å². The topological polar surface area (TPSA) is 76.1 Å².